The topological polar surface area (TPSA) is 159 Å². The van der Waals surface area contributed by atoms with Crippen LogP contribution in [0.4, 0.5) is 26.3 Å². The number of hydrogen-bond acceptors (Lipinski definition) is 8. The predicted molar refractivity (Wildman–Crippen MR) is 184 cm³/mol. The molecule has 0 bridgehead atoms. The summed E-state index contributed by atoms with van der Waals surface area (Å²) in [4.78, 5) is 28.4. The summed E-state index contributed by atoms with van der Waals surface area (Å²) in [5, 5.41) is 39.1. The monoisotopic (exact) mass is 846 g/mol. The highest BCUT2D eigenvalue weighted by Gasteiger charge is 2.60. The lowest BCUT2D eigenvalue weighted by molar-refractivity contribution is -0.274. The number of ether oxygens (including phenoxy) is 2. The SMILES string of the molecule is CC(c1ccc(Cl)cc1Cl)C(O)(c1ccnc(OCC(=O)O)c1)C(F)(F)F.CC(c1ccc(Cl)cc1Cl)C(O)(c1ccnc(OCC(=O)O)c1)C(F)(F)F. The summed E-state index contributed by atoms with van der Waals surface area (Å²) in [6, 6.07) is 11.5. The first-order chi connectivity index (χ1) is 24.9. The lowest BCUT2D eigenvalue weighted by Crippen LogP contribution is -2.46. The first kappa shape index (κ1) is 44.3. The molecule has 54 heavy (non-hydrogen) atoms. The number of carbonyl (C=O) groups is 2. The molecule has 2 aromatic heterocycles. The largest absolute Gasteiger partial charge is 0.479 e. The number of benzene rings is 2. The molecule has 10 nitrogen and oxygen atoms in total. The van der Waals surface area contributed by atoms with Crippen LogP contribution in [0.5, 0.6) is 11.8 Å². The smallest absolute Gasteiger partial charge is 0.422 e. The van der Waals surface area contributed by atoms with Crippen molar-refractivity contribution >= 4 is 58.3 Å². The Bertz CT molecular complexity index is 1830. The van der Waals surface area contributed by atoms with Gasteiger partial charge in [-0.25, -0.2) is 19.6 Å². The van der Waals surface area contributed by atoms with Gasteiger partial charge in [-0.1, -0.05) is 72.4 Å². The Hall–Kier alpha value is -4.06. The van der Waals surface area contributed by atoms with Gasteiger partial charge in [0, 0.05) is 67.6 Å². The van der Waals surface area contributed by atoms with Gasteiger partial charge in [0.25, 0.3) is 0 Å². The fourth-order valence-corrected chi connectivity index (χ4v) is 6.34. The van der Waals surface area contributed by atoms with Gasteiger partial charge in [-0.3, -0.25) is 0 Å². The highest BCUT2D eigenvalue weighted by Crippen LogP contribution is 2.51. The molecule has 20 heteroatoms. The summed E-state index contributed by atoms with van der Waals surface area (Å²) in [5.74, 6) is -6.42. The van der Waals surface area contributed by atoms with Gasteiger partial charge in [0.1, 0.15) is 0 Å². The van der Waals surface area contributed by atoms with Crippen LogP contribution < -0.4 is 9.47 Å². The molecule has 0 aliphatic rings. The fraction of sp³-hybridized carbons (Fsp3) is 0.294. The molecule has 2 aromatic carbocycles. The summed E-state index contributed by atoms with van der Waals surface area (Å²) in [6.07, 6.45) is -8.19. The van der Waals surface area contributed by atoms with E-state index in [4.69, 9.17) is 66.1 Å². The molecule has 4 aromatic rings. The molecule has 0 amide bonds. The van der Waals surface area contributed by atoms with Gasteiger partial charge in [0.15, 0.2) is 24.4 Å². The lowest BCUT2D eigenvalue weighted by Gasteiger charge is -2.37. The van der Waals surface area contributed by atoms with E-state index in [9.17, 15) is 46.1 Å². The average Bonchev–Trinajstić information content (AvgIpc) is 3.08. The molecule has 0 spiro atoms. The zero-order valence-corrected chi connectivity index (χ0v) is 30.6. The number of aliphatic carboxylic acids is 2. The molecule has 2 heterocycles. The van der Waals surface area contributed by atoms with Crippen molar-refractivity contribution in [2.75, 3.05) is 13.2 Å². The number of hydrogen-bond donors (Lipinski definition) is 4. The maximum atomic E-state index is 13.9. The molecule has 0 radical (unpaired) electrons. The average molecular weight is 848 g/mol. The summed E-state index contributed by atoms with van der Waals surface area (Å²) >= 11 is 23.6. The van der Waals surface area contributed by atoms with Crippen LogP contribution in [-0.2, 0) is 20.8 Å². The zero-order valence-electron chi connectivity index (χ0n) is 27.6. The first-order valence-corrected chi connectivity index (χ1v) is 16.5. The van der Waals surface area contributed by atoms with E-state index in [1.807, 2.05) is 0 Å². The van der Waals surface area contributed by atoms with Crippen molar-refractivity contribution in [3.63, 3.8) is 0 Å². The number of rotatable bonds is 12. The first-order valence-electron chi connectivity index (χ1n) is 15.0. The normalized spacial score (nSPS) is 15.1. The van der Waals surface area contributed by atoms with Crippen molar-refractivity contribution in [1.29, 1.82) is 0 Å². The molecule has 0 aliphatic carbocycles. The van der Waals surface area contributed by atoms with E-state index in [1.165, 1.54) is 50.2 Å². The quantitative estimate of drug-likeness (QED) is 0.102. The van der Waals surface area contributed by atoms with E-state index in [2.05, 4.69) is 9.97 Å². The zero-order chi connectivity index (χ0) is 40.8. The number of alkyl halides is 6. The molecule has 0 aliphatic heterocycles. The van der Waals surface area contributed by atoms with E-state index in [0.29, 0.717) is 0 Å². The highest BCUT2D eigenvalue weighted by molar-refractivity contribution is 6.35. The van der Waals surface area contributed by atoms with Crippen LogP contribution >= 0.6 is 46.4 Å². The Morgan fingerprint density at radius 1 is 0.630 bits per heavy atom. The van der Waals surface area contributed by atoms with Crippen molar-refractivity contribution in [2.24, 2.45) is 0 Å². The minimum atomic E-state index is -5.08. The molecule has 4 N–H and O–H groups in total. The molecule has 4 rings (SSSR count). The van der Waals surface area contributed by atoms with Gasteiger partial charge in [-0.05, 0) is 47.5 Å². The fourth-order valence-electron chi connectivity index (χ4n) is 5.20. The molecule has 4 atom stereocenters. The van der Waals surface area contributed by atoms with Gasteiger partial charge in [0.05, 0.1) is 0 Å². The van der Waals surface area contributed by atoms with Crippen LogP contribution in [0.2, 0.25) is 20.1 Å². The van der Waals surface area contributed by atoms with E-state index in [-0.39, 0.29) is 43.0 Å². The van der Waals surface area contributed by atoms with Crippen LogP contribution in [0.3, 0.4) is 0 Å². The summed E-state index contributed by atoms with van der Waals surface area (Å²) in [6.45, 7) is 0.751. The van der Waals surface area contributed by atoms with Crippen LogP contribution in [0, 0.1) is 0 Å². The van der Waals surface area contributed by atoms with E-state index in [0.717, 1.165) is 36.7 Å². The number of nitrogens with zero attached hydrogens (tertiary/aromatic N) is 2. The third kappa shape index (κ3) is 10.2. The third-order valence-electron chi connectivity index (χ3n) is 8.01. The minimum Gasteiger partial charge on any atom is -0.479 e. The number of carboxylic acid groups (broad SMARTS) is 2. The van der Waals surface area contributed by atoms with Crippen molar-refractivity contribution in [3.8, 4) is 11.8 Å². The van der Waals surface area contributed by atoms with Crippen molar-refractivity contribution in [1.82, 2.24) is 9.97 Å². The van der Waals surface area contributed by atoms with Gasteiger partial charge < -0.3 is 29.9 Å². The predicted octanol–water partition coefficient (Wildman–Crippen LogP) is 8.81. The number of carboxylic acids is 2. The van der Waals surface area contributed by atoms with Crippen molar-refractivity contribution < 1.29 is 65.8 Å². The second-order valence-corrected chi connectivity index (χ2v) is 13.1. The Morgan fingerprint density at radius 2 is 0.963 bits per heavy atom. The molecule has 4 unspecified atom stereocenters. The molecule has 0 saturated heterocycles. The Kier molecular flexibility index (Phi) is 14.5. The Labute approximate surface area is 322 Å². The summed E-state index contributed by atoms with van der Waals surface area (Å²) < 4.78 is 93.1. The number of aromatic nitrogens is 2. The van der Waals surface area contributed by atoms with E-state index in [1.54, 1.807) is 0 Å². The summed E-state index contributed by atoms with van der Waals surface area (Å²) in [5.41, 5.74) is -7.74. The van der Waals surface area contributed by atoms with E-state index < -0.39 is 71.7 Å². The number of pyridine rings is 2. The lowest BCUT2D eigenvalue weighted by atomic mass is 9.78. The Morgan fingerprint density at radius 3 is 1.24 bits per heavy atom. The van der Waals surface area contributed by atoms with Crippen LogP contribution in [-0.4, -0.2) is 67.9 Å². The van der Waals surface area contributed by atoms with Gasteiger partial charge in [-0.15, -0.1) is 0 Å². The van der Waals surface area contributed by atoms with Crippen molar-refractivity contribution in [3.05, 3.63) is 115 Å². The summed E-state index contributed by atoms with van der Waals surface area (Å²) in [7, 11) is 0. The third-order valence-corrected chi connectivity index (χ3v) is 9.14. The highest BCUT2D eigenvalue weighted by atomic mass is 35.5. The maximum Gasteiger partial charge on any atom is 0.422 e. The van der Waals surface area contributed by atoms with Crippen LogP contribution in [0.25, 0.3) is 0 Å². The maximum absolute atomic E-state index is 13.9. The molecule has 292 valence electrons. The molecular weight excluding hydrogens is 820 g/mol. The Balaban J connectivity index is 0.000000290. The molecular formula is C34H28Cl4F6N2O8. The van der Waals surface area contributed by atoms with Gasteiger partial charge in [0.2, 0.25) is 11.8 Å². The van der Waals surface area contributed by atoms with Crippen LogP contribution in [0.1, 0.15) is 47.9 Å². The van der Waals surface area contributed by atoms with Crippen molar-refractivity contribution in [2.45, 2.75) is 49.2 Å². The number of halogens is 10. The van der Waals surface area contributed by atoms with E-state index >= 15 is 0 Å². The van der Waals surface area contributed by atoms with Crippen LogP contribution in [0.15, 0.2) is 73.1 Å². The van der Waals surface area contributed by atoms with Gasteiger partial charge in [-0.2, -0.15) is 26.3 Å². The molecule has 0 saturated carbocycles. The second kappa shape index (κ2) is 17.6. The second-order valence-electron chi connectivity index (χ2n) is 11.4. The molecule has 0 fully saturated rings. The van der Waals surface area contributed by atoms with Gasteiger partial charge >= 0.3 is 24.3 Å². The standard InChI is InChI=1S/2C17H14Cl2F3NO4/c2*1-9(12-3-2-11(18)7-13(12)19)16(26,17(20,21)22)10-4-5-23-14(6-10)27-8-15(24)25/h2*2-7,9,26H,8H2,1H3,(H,24,25). The minimum absolute atomic E-state index is 0.0331. The number of aliphatic hydroxyl groups is 2.